The van der Waals surface area contributed by atoms with Gasteiger partial charge in [-0.15, -0.1) is 0 Å². The number of aryl methyl sites for hydroxylation is 1. The maximum atomic E-state index is 13.5. The lowest BCUT2D eigenvalue weighted by molar-refractivity contribution is -0.120. The van der Waals surface area contributed by atoms with E-state index in [1.165, 1.54) is 24.3 Å². The highest BCUT2D eigenvalue weighted by molar-refractivity contribution is 7.92. The van der Waals surface area contributed by atoms with Crippen LogP contribution in [0.15, 0.2) is 77.7 Å². The molecule has 1 atom stereocenters. The molecule has 0 bridgehead atoms. The van der Waals surface area contributed by atoms with E-state index in [2.05, 4.69) is 5.32 Å². The number of amides is 1. The largest absolute Gasteiger partial charge is 0.494 e. The lowest BCUT2D eigenvalue weighted by Gasteiger charge is -2.25. The normalized spacial score (nSPS) is 12.1. The molecule has 0 aromatic heterocycles. The molecule has 0 spiro atoms. The Kier molecular flexibility index (Phi) is 7.71. The number of carbonyl (C=O) groups excluding carboxylic acids is 1. The second kappa shape index (κ2) is 10.5. The fraction of sp³-hybridized carbons (Fsp3) is 0.240. The Bertz CT molecular complexity index is 1180. The zero-order chi connectivity index (χ0) is 24.0. The molecular formula is C25H27FN2O4S. The van der Waals surface area contributed by atoms with Crippen LogP contribution in [-0.4, -0.2) is 27.5 Å². The van der Waals surface area contributed by atoms with E-state index < -0.39 is 28.5 Å². The van der Waals surface area contributed by atoms with Gasteiger partial charge < -0.3 is 10.1 Å². The lowest BCUT2D eigenvalue weighted by Crippen LogP contribution is -2.41. The third-order valence-corrected chi connectivity index (χ3v) is 6.87. The van der Waals surface area contributed by atoms with Gasteiger partial charge in [0.1, 0.15) is 18.1 Å². The Hall–Kier alpha value is -3.39. The van der Waals surface area contributed by atoms with Crippen molar-refractivity contribution in [3.63, 3.8) is 0 Å². The molecule has 33 heavy (non-hydrogen) atoms. The maximum absolute atomic E-state index is 13.5. The van der Waals surface area contributed by atoms with Crippen LogP contribution < -0.4 is 14.4 Å². The maximum Gasteiger partial charge on any atom is 0.264 e. The number of anilines is 1. The molecule has 0 saturated carbocycles. The van der Waals surface area contributed by atoms with Crippen molar-refractivity contribution in [1.82, 2.24) is 5.32 Å². The first-order chi connectivity index (χ1) is 15.7. The van der Waals surface area contributed by atoms with Gasteiger partial charge in [-0.1, -0.05) is 29.8 Å². The molecule has 3 aromatic carbocycles. The molecule has 6 nitrogen and oxygen atoms in total. The highest BCUT2D eigenvalue weighted by Crippen LogP contribution is 2.26. The Morgan fingerprint density at radius 1 is 1.00 bits per heavy atom. The average molecular weight is 471 g/mol. The average Bonchev–Trinajstić information content (AvgIpc) is 2.79. The summed E-state index contributed by atoms with van der Waals surface area (Å²) in [4.78, 5) is 12.9. The summed E-state index contributed by atoms with van der Waals surface area (Å²) in [5.74, 6) is -0.261. The van der Waals surface area contributed by atoms with E-state index in [9.17, 15) is 17.6 Å². The van der Waals surface area contributed by atoms with Crippen molar-refractivity contribution < 1.29 is 22.3 Å². The van der Waals surface area contributed by atoms with Crippen LogP contribution in [0.4, 0.5) is 10.1 Å². The molecule has 8 heteroatoms. The summed E-state index contributed by atoms with van der Waals surface area (Å²) in [6.07, 6.45) is 0. The van der Waals surface area contributed by atoms with Crippen LogP contribution in [0.5, 0.6) is 5.75 Å². The van der Waals surface area contributed by atoms with Crippen molar-refractivity contribution in [2.75, 3.05) is 17.5 Å². The van der Waals surface area contributed by atoms with Crippen LogP contribution in [0.2, 0.25) is 0 Å². The summed E-state index contributed by atoms with van der Waals surface area (Å²) < 4.78 is 46.6. The topological polar surface area (TPSA) is 75.7 Å². The number of ether oxygens (including phenoxy) is 1. The van der Waals surface area contributed by atoms with Crippen molar-refractivity contribution in [2.45, 2.75) is 31.7 Å². The van der Waals surface area contributed by atoms with E-state index in [4.69, 9.17) is 4.74 Å². The number of benzene rings is 3. The van der Waals surface area contributed by atoms with Gasteiger partial charge >= 0.3 is 0 Å². The SMILES string of the molecule is CCOc1ccc(N(CC(=O)N[C@@H](C)c2ccc(F)cc2)S(=O)(=O)c2ccc(C)cc2)cc1. The van der Waals surface area contributed by atoms with E-state index in [0.29, 0.717) is 23.6 Å². The van der Waals surface area contributed by atoms with Gasteiger partial charge in [-0.3, -0.25) is 9.10 Å². The number of hydrogen-bond acceptors (Lipinski definition) is 4. The van der Waals surface area contributed by atoms with Gasteiger partial charge in [-0.05, 0) is 74.9 Å². The van der Waals surface area contributed by atoms with Crippen molar-refractivity contribution in [1.29, 1.82) is 0 Å². The van der Waals surface area contributed by atoms with Gasteiger partial charge in [-0.2, -0.15) is 0 Å². The first-order valence-electron chi connectivity index (χ1n) is 10.6. The van der Waals surface area contributed by atoms with E-state index in [-0.39, 0.29) is 10.7 Å². The number of nitrogens with one attached hydrogen (secondary N) is 1. The second-order valence-corrected chi connectivity index (χ2v) is 9.45. The molecule has 0 fully saturated rings. The predicted molar refractivity (Wildman–Crippen MR) is 126 cm³/mol. The minimum atomic E-state index is -4.02. The fourth-order valence-corrected chi connectivity index (χ4v) is 4.70. The summed E-state index contributed by atoms with van der Waals surface area (Å²) in [6, 6.07) is 18.3. The molecule has 0 aliphatic heterocycles. The van der Waals surface area contributed by atoms with E-state index in [1.807, 2.05) is 13.8 Å². The standard InChI is InChI=1S/C25H27FN2O4S/c1-4-32-23-13-11-22(12-14-23)28(33(30,31)24-15-5-18(2)6-16-24)17-25(29)27-19(3)20-7-9-21(26)10-8-20/h5-16,19H,4,17H2,1-3H3,(H,27,29)/t19-/m0/s1. The second-order valence-electron chi connectivity index (χ2n) is 7.59. The Balaban J connectivity index is 1.88. The number of rotatable bonds is 9. The first-order valence-corrected chi connectivity index (χ1v) is 12.0. The molecule has 0 radical (unpaired) electrons. The van der Waals surface area contributed by atoms with E-state index in [1.54, 1.807) is 55.5 Å². The van der Waals surface area contributed by atoms with Crippen LogP contribution in [0.25, 0.3) is 0 Å². The van der Waals surface area contributed by atoms with Crippen molar-refractivity contribution in [2.24, 2.45) is 0 Å². The molecule has 0 heterocycles. The molecule has 3 aromatic rings. The third kappa shape index (κ3) is 6.10. The van der Waals surface area contributed by atoms with Gasteiger partial charge in [0.15, 0.2) is 0 Å². The van der Waals surface area contributed by atoms with Gasteiger partial charge in [0.2, 0.25) is 5.91 Å². The highest BCUT2D eigenvalue weighted by Gasteiger charge is 2.27. The Labute approximate surface area is 194 Å². The molecule has 0 unspecified atom stereocenters. The molecule has 3 rings (SSSR count). The van der Waals surface area contributed by atoms with Crippen LogP contribution in [0, 0.1) is 12.7 Å². The highest BCUT2D eigenvalue weighted by atomic mass is 32.2. The first kappa shape index (κ1) is 24.3. The molecule has 1 N–H and O–H groups in total. The quantitative estimate of drug-likeness (QED) is 0.496. The van der Waals surface area contributed by atoms with Gasteiger partial charge in [0, 0.05) is 0 Å². The number of nitrogens with zero attached hydrogens (tertiary/aromatic N) is 1. The van der Waals surface area contributed by atoms with Crippen molar-refractivity contribution >= 4 is 21.6 Å². The van der Waals surface area contributed by atoms with Crippen LogP contribution in [0.1, 0.15) is 31.0 Å². The lowest BCUT2D eigenvalue weighted by atomic mass is 10.1. The van der Waals surface area contributed by atoms with Crippen LogP contribution in [0.3, 0.4) is 0 Å². The Morgan fingerprint density at radius 2 is 1.61 bits per heavy atom. The summed E-state index contributed by atoms with van der Waals surface area (Å²) >= 11 is 0. The summed E-state index contributed by atoms with van der Waals surface area (Å²) in [6.45, 7) is 5.53. The van der Waals surface area contributed by atoms with Crippen LogP contribution in [-0.2, 0) is 14.8 Å². The number of hydrogen-bond donors (Lipinski definition) is 1. The van der Waals surface area contributed by atoms with Crippen molar-refractivity contribution in [3.05, 3.63) is 89.7 Å². The van der Waals surface area contributed by atoms with E-state index >= 15 is 0 Å². The molecule has 0 saturated heterocycles. The van der Waals surface area contributed by atoms with E-state index in [0.717, 1.165) is 9.87 Å². The zero-order valence-electron chi connectivity index (χ0n) is 18.8. The summed E-state index contributed by atoms with van der Waals surface area (Å²) in [5.41, 5.74) is 1.97. The molecule has 1 amide bonds. The smallest absolute Gasteiger partial charge is 0.264 e. The van der Waals surface area contributed by atoms with Gasteiger partial charge in [0.05, 0.1) is 23.2 Å². The minimum Gasteiger partial charge on any atom is -0.494 e. The summed E-state index contributed by atoms with van der Waals surface area (Å²) in [7, 11) is -4.02. The predicted octanol–water partition coefficient (Wildman–Crippen LogP) is 4.61. The van der Waals surface area contributed by atoms with Crippen molar-refractivity contribution in [3.8, 4) is 5.75 Å². The number of sulfonamides is 1. The third-order valence-electron chi connectivity index (χ3n) is 5.08. The molecule has 0 aliphatic carbocycles. The molecule has 0 aliphatic rings. The van der Waals surface area contributed by atoms with Gasteiger partial charge in [-0.25, -0.2) is 12.8 Å². The number of halogens is 1. The zero-order valence-corrected chi connectivity index (χ0v) is 19.6. The fourth-order valence-electron chi connectivity index (χ4n) is 3.28. The van der Waals surface area contributed by atoms with Gasteiger partial charge in [0.25, 0.3) is 10.0 Å². The summed E-state index contributed by atoms with van der Waals surface area (Å²) in [5, 5.41) is 2.79. The Morgan fingerprint density at radius 3 is 2.18 bits per heavy atom. The number of carbonyl (C=O) groups is 1. The molecular weight excluding hydrogens is 443 g/mol. The monoisotopic (exact) mass is 470 g/mol. The molecule has 174 valence electrons. The van der Waals surface area contributed by atoms with Crippen LogP contribution >= 0.6 is 0 Å². The minimum absolute atomic E-state index is 0.0846.